The summed E-state index contributed by atoms with van der Waals surface area (Å²) in [5.41, 5.74) is 0.224. The Labute approximate surface area is 353 Å². The van der Waals surface area contributed by atoms with Crippen molar-refractivity contribution in [3.63, 3.8) is 0 Å². The maximum atomic E-state index is 13.0. The van der Waals surface area contributed by atoms with E-state index >= 15 is 0 Å². The number of unbranched alkanes of at least 4 members (excludes halogenated alkanes) is 12. The number of rotatable bonds is 38. The molecule has 1 aromatic heterocycles. The normalized spacial score (nSPS) is 11.3. The lowest BCUT2D eigenvalue weighted by atomic mass is 10.0. The molecule has 18 heteroatoms. The van der Waals surface area contributed by atoms with Crippen molar-refractivity contribution in [2.24, 2.45) is 0 Å². The average Bonchev–Trinajstić information content (AvgIpc) is 3.20. The van der Waals surface area contributed by atoms with Gasteiger partial charge in [0, 0.05) is 32.2 Å². The highest BCUT2D eigenvalue weighted by Gasteiger charge is 2.18. The van der Waals surface area contributed by atoms with Gasteiger partial charge in [-0.05, 0) is 49.6 Å². The van der Waals surface area contributed by atoms with Crippen LogP contribution in [-0.4, -0.2) is 113 Å². The Balaban J connectivity index is 1.52. The number of carbonyl (C=O) groups is 4. The van der Waals surface area contributed by atoms with E-state index in [1.807, 2.05) is 0 Å². The Morgan fingerprint density at radius 3 is 1.81 bits per heavy atom. The summed E-state index contributed by atoms with van der Waals surface area (Å²) in [6, 6.07) is 7.08. The zero-order valence-corrected chi connectivity index (χ0v) is 35.5. The van der Waals surface area contributed by atoms with E-state index in [1.165, 1.54) is 81.5 Å². The molecule has 1 heterocycles. The van der Waals surface area contributed by atoms with Crippen LogP contribution < -0.4 is 14.8 Å². The fraction of sp³-hybridized carbons (Fsp3) is 0.634. The third kappa shape index (κ3) is 26.1. The maximum Gasteiger partial charge on any atom is 0.329 e. The SMILES string of the molecule is O=C(O)CCCCCCCCCCCCCCCOc1ccc(S(=O)(=O)Nc2ccc(C(=O)NCCOCCOCC(=O)CCCOCCOCC(=O)O)cn2)cc1Cl. The number of halogens is 1. The number of anilines is 1. The first-order valence-corrected chi connectivity index (χ1v) is 22.3. The zero-order chi connectivity index (χ0) is 43.0. The van der Waals surface area contributed by atoms with E-state index in [0.29, 0.717) is 25.4 Å². The Morgan fingerprint density at radius 1 is 0.627 bits per heavy atom. The molecule has 0 aliphatic rings. The van der Waals surface area contributed by atoms with Gasteiger partial charge in [-0.25, -0.2) is 18.2 Å². The molecule has 1 amide bonds. The van der Waals surface area contributed by atoms with Crippen molar-refractivity contribution in [2.45, 2.75) is 108 Å². The Morgan fingerprint density at radius 2 is 1.22 bits per heavy atom. The second kappa shape index (κ2) is 32.0. The van der Waals surface area contributed by atoms with Crippen LogP contribution in [0.15, 0.2) is 41.4 Å². The molecule has 2 aromatic rings. The summed E-state index contributed by atoms with van der Waals surface area (Å²) >= 11 is 6.36. The van der Waals surface area contributed by atoms with E-state index in [9.17, 15) is 27.6 Å². The van der Waals surface area contributed by atoms with Crippen molar-refractivity contribution in [2.75, 3.05) is 70.7 Å². The lowest BCUT2D eigenvalue weighted by Crippen LogP contribution is -2.28. The zero-order valence-electron chi connectivity index (χ0n) is 34.0. The quantitative estimate of drug-likeness (QED) is 0.0516. The van der Waals surface area contributed by atoms with Crippen LogP contribution in [0.4, 0.5) is 5.82 Å². The van der Waals surface area contributed by atoms with E-state index < -0.39 is 27.9 Å². The number of amides is 1. The van der Waals surface area contributed by atoms with Crippen molar-refractivity contribution in [3.8, 4) is 5.75 Å². The summed E-state index contributed by atoms with van der Waals surface area (Å²) in [5, 5.41) is 20.0. The van der Waals surface area contributed by atoms with Crippen molar-refractivity contribution >= 4 is 51.1 Å². The minimum atomic E-state index is -4.02. The minimum absolute atomic E-state index is 0.0231. The molecule has 0 spiro atoms. The molecule has 4 N–H and O–H groups in total. The van der Waals surface area contributed by atoms with Gasteiger partial charge in [-0.1, -0.05) is 82.2 Å². The molecule has 1 aromatic carbocycles. The highest BCUT2D eigenvalue weighted by Crippen LogP contribution is 2.28. The van der Waals surface area contributed by atoms with Gasteiger partial charge < -0.3 is 39.2 Å². The van der Waals surface area contributed by atoms with Gasteiger partial charge in [0.1, 0.15) is 24.8 Å². The second-order valence-electron chi connectivity index (χ2n) is 13.8. The van der Waals surface area contributed by atoms with Gasteiger partial charge >= 0.3 is 11.9 Å². The number of hydrogen-bond acceptors (Lipinski definition) is 12. The summed E-state index contributed by atoms with van der Waals surface area (Å²) in [7, 11) is -4.02. The molecule has 0 bridgehead atoms. The predicted molar refractivity (Wildman–Crippen MR) is 222 cm³/mol. The van der Waals surface area contributed by atoms with Gasteiger partial charge in [-0.3, -0.25) is 19.1 Å². The standard InChI is InChI=1S/C41H62ClN3O13S/c42-36-29-35(18-19-37(36)58-23-13-11-9-7-5-3-1-2-4-6-8-10-12-16-39(47)48)59(52,53)45-38-20-17-33(30-44-38)41(51)43-21-24-55-26-27-56-31-34(46)15-14-22-54-25-28-57-32-40(49)50/h17-20,29-30H,1-16,21-28,31-32H2,(H,43,51)(H,44,45)(H,47,48)(H,49,50). The number of carboxylic acid groups (broad SMARTS) is 2. The lowest BCUT2D eigenvalue weighted by Gasteiger charge is -2.11. The number of nitrogens with one attached hydrogen (secondary N) is 2. The number of sulfonamides is 1. The molecule has 0 unspecified atom stereocenters. The molecule has 0 saturated heterocycles. The second-order valence-corrected chi connectivity index (χ2v) is 15.9. The number of pyridine rings is 1. The number of carbonyl (C=O) groups excluding carboxylic acids is 2. The summed E-state index contributed by atoms with van der Waals surface area (Å²) < 4.78 is 55.1. The first kappa shape index (κ1) is 51.3. The fourth-order valence-electron chi connectivity index (χ4n) is 5.62. The largest absolute Gasteiger partial charge is 0.492 e. The number of carboxylic acids is 2. The van der Waals surface area contributed by atoms with Crippen molar-refractivity contribution < 1.29 is 61.5 Å². The molecular weight excluding hydrogens is 810 g/mol. The van der Waals surface area contributed by atoms with E-state index in [1.54, 1.807) is 0 Å². The van der Waals surface area contributed by atoms with Crippen LogP contribution in [0.1, 0.15) is 113 Å². The molecule has 16 nitrogen and oxygen atoms in total. The third-order valence-corrected chi connectivity index (χ3v) is 10.4. The molecule has 0 atom stereocenters. The number of hydrogen-bond donors (Lipinski definition) is 4. The van der Waals surface area contributed by atoms with Gasteiger partial charge in [0.15, 0.2) is 5.78 Å². The summed E-state index contributed by atoms with van der Waals surface area (Å²) in [6.45, 7) is 1.66. The maximum absolute atomic E-state index is 13.0. The van der Waals surface area contributed by atoms with Crippen LogP contribution in [0.2, 0.25) is 5.02 Å². The van der Waals surface area contributed by atoms with Gasteiger partial charge in [0.2, 0.25) is 0 Å². The summed E-state index contributed by atoms with van der Waals surface area (Å²) in [4.78, 5) is 49.2. The van der Waals surface area contributed by atoms with E-state index in [-0.39, 0.29) is 92.7 Å². The van der Waals surface area contributed by atoms with Crippen LogP contribution in [0.5, 0.6) is 5.75 Å². The molecule has 0 aliphatic heterocycles. The Kier molecular flexibility index (Phi) is 27.8. The number of aliphatic carboxylic acids is 2. The number of ketones is 1. The van der Waals surface area contributed by atoms with E-state index in [0.717, 1.165) is 38.5 Å². The smallest absolute Gasteiger partial charge is 0.329 e. The monoisotopic (exact) mass is 871 g/mol. The minimum Gasteiger partial charge on any atom is -0.492 e. The van der Waals surface area contributed by atoms with Crippen LogP contribution in [0.25, 0.3) is 0 Å². The van der Waals surface area contributed by atoms with Gasteiger partial charge in [0.05, 0.1) is 55.1 Å². The van der Waals surface area contributed by atoms with Crippen LogP contribution in [-0.2, 0) is 43.4 Å². The molecule has 0 saturated carbocycles. The van der Waals surface area contributed by atoms with Crippen molar-refractivity contribution in [3.05, 3.63) is 47.1 Å². The molecule has 0 fully saturated rings. The molecule has 59 heavy (non-hydrogen) atoms. The highest BCUT2D eigenvalue weighted by molar-refractivity contribution is 7.92. The number of benzene rings is 1. The topological polar surface area (TPSA) is 226 Å². The molecule has 0 aliphatic carbocycles. The van der Waals surface area contributed by atoms with Gasteiger partial charge in [-0.2, -0.15) is 0 Å². The van der Waals surface area contributed by atoms with Crippen LogP contribution in [0.3, 0.4) is 0 Å². The van der Waals surface area contributed by atoms with E-state index in [4.69, 9.17) is 45.5 Å². The van der Waals surface area contributed by atoms with Crippen molar-refractivity contribution in [1.29, 1.82) is 0 Å². The Hall–Kier alpha value is -3.87. The number of Topliss-reactive ketones (excluding diaryl/α,β-unsaturated/α-hetero) is 1. The third-order valence-electron chi connectivity index (χ3n) is 8.78. The molecular formula is C41H62ClN3O13S. The average molecular weight is 872 g/mol. The summed E-state index contributed by atoms with van der Waals surface area (Å²) in [5.74, 6) is -1.83. The number of aromatic nitrogens is 1. The summed E-state index contributed by atoms with van der Waals surface area (Å²) in [6.07, 6.45) is 16.8. The number of nitrogens with zero attached hydrogens (tertiary/aromatic N) is 1. The molecule has 0 radical (unpaired) electrons. The van der Waals surface area contributed by atoms with E-state index in [2.05, 4.69) is 15.0 Å². The van der Waals surface area contributed by atoms with Crippen LogP contribution in [0, 0.1) is 0 Å². The van der Waals surface area contributed by atoms with Crippen molar-refractivity contribution in [1.82, 2.24) is 10.3 Å². The highest BCUT2D eigenvalue weighted by atomic mass is 35.5. The van der Waals surface area contributed by atoms with Crippen LogP contribution >= 0.6 is 11.6 Å². The fourth-order valence-corrected chi connectivity index (χ4v) is 6.96. The lowest BCUT2D eigenvalue weighted by molar-refractivity contribution is -0.143. The van der Waals surface area contributed by atoms with Gasteiger partial charge in [0.25, 0.3) is 15.9 Å². The first-order valence-electron chi connectivity index (χ1n) is 20.4. The first-order chi connectivity index (χ1) is 28.5. The number of ether oxygens (including phenoxy) is 5. The molecule has 2 rings (SSSR count). The molecule has 332 valence electrons. The van der Waals surface area contributed by atoms with Gasteiger partial charge in [-0.15, -0.1) is 0 Å². The Bertz CT molecular complexity index is 1610. The predicted octanol–water partition coefficient (Wildman–Crippen LogP) is 6.69.